The molecule has 7 heteroatoms. The number of fused-ring (bicyclic) bond motifs is 1. The van der Waals surface area contributed by atoms with Crippen LogP contribution in [0.4, 0.5) is 0 Å². The van der Waals surface area contributed by atoms with Gasteiger partial charge in [-0.3, -0.25) is 0 Å². The molecule has 3 rings (SSSR count). The first kappa shape index (κ1) is 17.1. The number of hydroxylamine groups is 1. The summed E-state index contributed by atoms with van der Waals surface area (Å²) in [5.41, 5.74) is 0. The van der Waals surface area contributed by atoms with Gasteiger partial charge in [0.15, 0.2) is 23.9 Å². The fourth-order valence-corrected chi connectivity index (χ4v) is 3.37. The van der Waals surface area contributed by atoms with Crippen LogP contribution >= 0.6 is 0 Å². The summed E-state index contributed by atoms with van der Waals surface area (Å²) in [6.07, 6.45) is -0.627. The lowest BCUT2D eigenvalue weighted by Gasteiger charge is -2.26. The molecule has 3 aliphatic heterocycles. The van der Waals surface area contributed by atoms with E-state index in [1.807, 2.05) is 41.5 Å². The van der Waals surface area contributed by atoms with Crippen molar-refractivity contribution in [3.8, 4) is 0 Å². The molecule has 3 heterocycles. The zero-order chi connectivity index (χ0) is 17.0. The molecule has 0 saturated carbocycles. The molecule has 3 saturated heterocycles. The molecule has 0 amide bonds. The molecule has 0 aromatic rings. The molecular formula is C16H27NO6. The van der Waals surface area contributed by atoms with E-state index >= 15 is 0 Å². The summed E-state index contributed by atoms with van der Waals surface area (Å²) in [6.45, 7) is 11.7. The lowest BCUT2D eigenvalue weighted by Crippen LogP contribution is -2.40. The first-order chi connectivity index (χ1) is 10.6. The predicted molar refractivity (Wildman–Crippen MR) is 81.9 cm³/mol. The van der Waals surface area contributed by atoms with Crippen LogP contribution in [0, 0.1) is 11.1 Å². The van der Waals surface area contributed by atoms with Crippen molar-refractivity contribution in [2.75, 3.05) is 6.61 Å². The summed E-state index contributed by atoms with van der Waals surface area (Å²) >= 11 is 0. The monoisotopic (exact) mass is 329 g/mol. The van der Waals surface area contributed by atoms with Gasteiger partial charge >= 0.3 is 0 Å². The predicted octanol–water partition coefficient (Wildman–Crippen LogP) is 1.62. The van der Waals surface area contributed by atoms with E-state index in [1.54, 1.807) is 6.21 Å². The standard InChI is InChI=1S/C16H27NO6/c1-9(2)7-17(18)14-13-12(22-16(5,6)23-13)11(20-14)10-8-19-15(3,4)21-10/h7,9-14H,8H2,1-6H3/b17-7-/t10-,11-,12+,13+,14+/m1/s1. The van der Waals surface area contributed by atoms with E-state index < -0.39 is 30.0 Å². The second-order valence-corrected chi connectivity index (χ2v) is 7.68. The van der Waals surface area contributed by atoms with Gasteiger partial charge in [-0.05, 0) is 27.7 Å². The highest BCUT2D eigenvalue weighted by Crippen LogP contribution is 2.42. The maximum Gasteiger partial charge on any atom is 0.297 e. The third-order valence-electron chi connectivity index (χ3n) is 4.16. The molecule has 3 aliphatic rings. The van der Waals surface area contributed by atoms with Crippen LogP contribution in [0.3, 0.4) is 0 Å². The summed E-state index contributed by atoms with van der Waals surface area (Å²) < 4.78 is 30.3. The Kier molecular flexibility index (Phi) is 4.21. The fourth-order valence-electron chi connectivity index (χ4n) is 3.37. The van der Waals surface area contributed by atoms with E-state index in [9.17, 15) is 5.21 Å². The molecule has 0 radical (unpaired) electrons. The topological polar surface area (TPSA) is 72.2 Å². The first-order valence-electron chi connectivity index (χ1n) is 8.21. The van der Waals surface area contributed by atoms with Crippen LogP contribution in [0.15, 0.2) is 0 Å². The highest BCUT2D eigenvalue weighted by atomic mass is 16.8. The van der Waals surface area contributed by atoms with Crippen molar-refractivity contribution in [1.82, 2.24) is 0 Å². The molecule has 0 aliphatic carbocycles. The summed E-state index contributed by atoms with van der Waals surface area (Å²) in [4.78, 5) is 0. The van der Waals surface area contributed by atoms with Gasteiger partial charge in [0.1, 0.15) is 18.3 Å². The van der Waals surface area contributed by atoms with Gasteiger partial charge in [0.05, 0.1) is 6.61 Å². The summed E-state index contributed by atoms with van der Waals surface area (Å²) in [5, 5.41) is 12.4. The van der Waals surface area contributed by atoms with Gasteiger partial charge in [0, 0.05) is 5.92 Å². The lowest BCUT2D eigenvalue weighted by atomic mass is 10.1. The van der Waals surface area contributed by atoms with Crippen LogP contribution in [-0.2, 0) is 23.7 Å². The van der Waals surface area contributed by atoms with Crippen molar-refractivity contribution in [2.45, 2.75) is 83.8 Å². The fraction of sp³-hybridized carbons (Fsp3) is 0.938. The average molecular weight is 329 g/mol. The molecule has 0 aromatic heterocycles. The number of ether oxygens (including phenoxy) is 5. The van der Waals surface area contributed by atoms with E-state index in [4.69, 9.17) is 23.7 Å². The van der Waals surface area contributed by atoms with Crippen LogP contribution in [0.25, 0.3) is 0 Å². The van der Waals surface area contributed by atoms with E-state index in [-0.39, 0.29) is 18.1 Å². The minimum Gasteiger partial charge on any atom is -0.622 e. The van der Waals surface area contributed by atoms with Crippen LogP contribution in [0.1, 0.15) is 41.5 Å². The Morgan fingerprint density at radius 2 is 1.65 bits per heavy atom. The number of rotatable bonds is 3. The van der Waals surface area contributed by atoms with Crippen molar-refractivity contribution in [3.63, 3.8) is 0 Å². The Labute approximate surface area is 137 Å². The van der Waals surface area contributed by atoms with Gasteiger partial charge in [0.2, 0.25) is 0 Å². The van der Waals surface area contributed by atoms with Gasteiger partial charge in [-0.15, -0.1) is 0 Å². The zero-order valence-corrected chi connectivity index (χ0v) is 14.6. The Hall–Kier alpha value is -0.730. The normalized spacial score (nSPS) is 42.4. The van der Waals surface area contributed by atoms with E-state index in [0.29, 0.717) is 6.61 Å². The Morgan fingerprint density at radius 1 is 1.00 bits per heavy atom. The molecule has 0 N–H and O–H groups in total. The Bertz CT molecular complexity index is 489. The Morgan fingerprint density at radius 3 is 2.22 bits per heavy atom. The van der Waals surface area contributed by atoms with Crippen molar-refractivity contribution in [2.24, 2.45) is 5.92 Å². The highest BCUT2D eigenvalue weighted by molar-refractivity contribution is 5.53. The van der Waals surface area contributed by atoms with Gasteiger partial charge in [-0.25, -0.2) is 0 Å². The van der Waals surface area contributed by atoms with Gasteiger partial charge in [-0.1, -0.05) is 13.8 Å². The molecule has 0 bridgehead atoms. The zero-order valence-electron chi connectivity index (χ0n) is 14.6. The van der Waals surface area contributed by atoms with E-state index in [1.165, 1.54) is 0 Å². The van der Waals surface area contributed by atoms with Crippen LogP contribution in [-0.4, -0.2) is 59.8 Å². The SMILES string of the molecule is CC(C)/C=[N+](\[O-])[C@H]1O[C@H]([C@H]2COC(C)(C)O2)[C@@H]2OC(C)(C)O[C@@H]21. The van der Waals surface area contributed by atoms with Crippen molar-refractivity contribution in [3.05, 3.63) is 5.21 Å². The molecule has 0 spiro atoms. The van der Waals surface area contributed by atoms with Crippen molar-refractivity contribution in [1.29, 1.82) is 0 Å². The van der Waals surface area contributed by atoms with Crippen molar-refractivity contribution < 1.29 is 28.4 Å². The third kappa shape index (κ3) is 3.39. The molecule has 0 unspecified atom stereocenters. The summed E-state index contributed by atoms with van der Waals surface area (Å²) in [6, 6.07) is 0. The number of hydrogen-bond donors (Lipinski definition) is 0. The number of nitrogens with zero attached hydrogens (tertiary/aromatic N) is 1. The quantitative estimate of drug-likeness (QED) is 0.339. The van der Waals surface area contributed by atoms with Gasteiger partial charge < -0.3 is 28.9 Å². The third-order valence-corrected chi connectivity index (χ3v) is 4.16. The maximum atomic E-state index is 12.4. The molecule has 132 valence electrons. The maximum absolute atomic E-state index is 12.4. The molecule has 0 aromatic carbocycles. The minimum absolute atomic E-state index is 0.119. The minimum atomic E-state index is -0.747. The van der Waals surface area contributed by atoms with Crippen LogP contribution in [0.5, 0.6) is 0 Å². The van der Waals surface area contributed by atoms with E-state index in [0.717, 1.165) is 4.74 Å². The molecular weight excluding hydrogens is 302 g/mol. The van der Waals surface area contributed by atoms with Crippen LogP contribution in [0.2, 0.25) is 0 Å². The summed E-state index contributed by atoms with van der Waals surface area (Å²) in [5.74, 6) is -1.28. The largest absolute Gasteiger partial charge is 0.622 e. The van der Waals surface area contributed by atoms with Crippen LogP contribution < -0.4 is 0 Å². The second-order valence-electron chi connectivity index (χ2n) is 7.68. The molecule has 23 heavy (non-hydrogen) atoms. The molecule has 7 nitrogen and oxygen atoms in total. The molecule has 5 atom stereocenters. The lowest BCUT2D eigenvalue weighted by molar-refractivity contribution is -0.564. The second kappa shape index (κ2) is 5.67. The molecule has 3 fully saturated rings. The van der Waals surface area contributed by atoms with Gasteiger partial charge in [0.25, 0.3) is 6.23 Å². The van der Waals surface area contributed by atoms with Gasteiger partial charge in [-0.2, -0.15) is 4.74 Å². The Balaban J connectivity index is 1.82. The highest BCUT2D eigenvalue weighted by Gasteiger charge is 2.62. The van der Waals surface area contributed by atoms with E-state index in [2.05, 4.69) is 0 Å². The summed E-state index contributed by atoms with van der Waals surface area (Å²) in [7, 11) is 0. The first-order valence-corrected chi connectivity index (χ1v) is 8.21. The number of hydrogen-bond acceptors (Lipinski definition) is 6. The smallest absolute Gasteiger partial charge is 0.297 e. The average Bonchev–Trinajstić information content (AvgIpc) is 2.98. The van der Waals surface area contributed by atoms with Crippen molar-refractivity contribution >= 4 is 6.21 Å².